The third-order valence-electron chi connectivity index (χ3n) is 1.65. The summed E-state index contributed by atoms with van der Waals surface area (Å²) in [7, 11) is 0. The summed E-state index contributed by atoms with van der Waals surface area (Å²) < 4.78 is 0. The van der Waals surface area contributed by atoms with E-state index in [9.17, 15) is 0 Å². The fourth-order valence-electron chi connectivity index (χ4n) is 0.917. The van der Waals surface area contributed by atoms with Gasteiger partial charge in [0.2, 0.25) is 0 Å². The number of hydrogen-bond acceptors (Lipinski definition) is 0. The molecule has 0 saturated carbocycles. The lowest BCUT2D eigenvalue weighted by Crippen LogP contribution is -2.03. The van der Waals surface area contributed by atoms with Crippen LogP contribution in [0.1, 0.15) is 13.8 Å². The summed E-state index contributed by atoms with van der Waals surface area (Å²) in [6, 6.07) is 0. The number of allylic oxidation sites excluding steroid dienone is 4. The second-order valence-corrected chi connectivity index (χ2v) is 2.60. The van der Waals surface area contributed by atoms with Crippen molar-refractivity contribution in [2.24, 2.45) is 11.8 Å². The van der Waals surface area contributed by atoms with Gasteiger partial charge in [0.15, 0.2) is 0 Å². The Kier molecular flexibility index (Phi) is 5.58. The molecular formula is C12H14. The predicted octanol–water partition coefficient (Wildman–Crippen LogP) is 2.64. The van der Waals surface area contributed by atoms with Crippen molar-refractivity contribution in [1.29, 1.82) is 0 Å². The zero-order chi connectivity index (χ0) is 9.40. The van der Waals surface area contributed by atoms with Crippen LogP contribution in [0.25, 0.3) is 0 Å². The van der Waals surface area contributed by atoms with Crippen LogP contribution >= 0.6 is 0 Å². The molecule has 0 aliphatic carbocycles. The topological polar surface area (TPSA) is 0 Å². The number of hydrogen-bond donors (Lipinski definition) is 0. The fourth-order valence-corrected chi connectivity index (χ4v) is 0.917. The van der Waals surface area contributed by atoms with Crippen molar-refractivity contribution in [3.63, 3.8) is 0 Å². The molecule has 0 saturated heterocycles. The van der Waals surface area contributed by atoms with Gasteiger partial charge in [0.1, 0.15) is 0 Å². The Morgan fingerprint density at radius 1 is 1.25 bits per heavy atom. The highest BCUT2D eigenvalue weighted by Gasteiger charge is 2.06. The summed E-state index contributed by atoms with van der Waals surface area (Å²) in [4.78, 5) is 0. The van der Waals surface area contributed by atoms with E-state index in [0.29, 0.717) is 5.92 Å². The molecule has 0 heterocycles. The zero-order valence-corrected chi connectivity index (χ0v) is 7.62. The van der Waals surface area contributed by atoms with Crippen molar-refractivity contribution in [2.45, 2.75) is 13.8 Å². The maximum Gasteiger partial charge on any atom is 0.0440 e. The maximum atomic E-state index is 5.34. The summed E-state index contributed by atoms with van der Waals surface area (Å²) in [5, 5.41) is 0. The van der Waals surface area contributed by atoms with E-state index >= 15 is 0 Å². The van der Waals surface area contributed by atoms with Crippen LogP contribution in [0, 0.1) is 36.5 Å². The zero-order valence-electron chi connectivity index (χ0n) is 7.62. The van der Waals surface area contributed by atoms with E-state index in [4.69, 9.17) is 12.8 Å². The van der Waals surface area contributed by atoms with Gasteiger partial charge in [-0.05, 0) is 18.9 Å². The van der Waals surface area contributed by atoms with Gasteiger partial charge in [-0.3, -0.25) is 0 Å². The van der Waals surface area contributed by atoms with E-state index in [1.54, 1.807) is 6.08 Å². The van der Waals surface area contributed by atoms with Gasteiger partial charge in [-0.25, -0.2) is 0 Å². The smallest absolute Gasteiger partial charge is 0.0440 e. The molecule has 12 heavy (non-hydrogen) atoms. The molecule has 2 atom stereocenters. The molecule has 0 aliphatic rings. The van der Waals surface area contributed by atoms with E-state index in [1.165, 1.54) is 0 Å². The molecule has 0 aromatic carbocycles. The summed E-state index contributed by atoms with van der Waals surface area (Å²) >= 11 is 0. The van der Waals surface area contributed by atoms with E-state index in [2.05, 4.69) is 18.8 Å². The van der Waals surface area contributed by atoms with E-state index in [1.807, 2.05) is 25.2 Å². The monoisotopic (exact) mass is 158 g/mol. The largest absolute Gasteiger partial charge is 0.119 e. The van der Waals surface area contributed by atoms with Crippen LogP contribution in [-0.4, -0.2) is 0 Å². The van der Waals surface area contributed by atoms with Crippen LogP contribution < -0.4 is 0 Å². The first-order valence-electron chi connectivity index (χ1n) is 3.98. The molecule has 0 heteroatoms. The van der Waals surface area contributed by atoms with Crippen LogP contribution in [0.3, 0.4) is 0 Å². The van der Waals surface area contributed by atoms with E-state index < -0.39 is 0 Å². The summed E-state index contributed by atoms with van der Waals surface area (Å²) in [5.74, 6) is 5.61. The Hall–Kier alpha value is -1.40. The van der Waals surface area contributed by atoms with Gasteiger partial charge in [-0.1, -0.05) is 37.0 Å². The lowest BCUT2D eigenvalue weighted by Gasteiger charge is -2.09. The Morgan fingerprint density at radius 3 is 2.33 bits per heavy atom. The molecule has 62 valence electrons. The van der Waals surface area contributed by atoms with E-state index in [-0.39, 0.29) is 5.92 Å². The Balaban J connectivity index is 4.26. The average Bonchev–Trinajstić information content (AvgIpc) is 2.10. The molecule has 0 aliphatic heterocycles. The molecular weight excluding hydrogens is 144 g/mol. The second-order valence-electron chi connectivity index (χ2n) is 2.60. The van der Waals surface area contributed by atoms with Crippen molar-refractivity contribution < 1.29 is 0 Å². The highest BCUT2D eigenvalue weighted by molar-refractivity contribution is 5.15. The van der Waals surface area contributed by atoms with Gasteiger partial charge >= 0.3 is 0 Å². The van der Waals surface area contributed by atoms with Gasteiger partial charge in [0.25, 0.3) is 0 Å². The van der Waals surface area contributed by atoms with Crippen LogP contribution in [0.2, 0.25) is 0 Å². The first kappa shape index (κ1) is 10.6. The molecule has 2 unspecified atom stereocenters. The highest BCUT2D eigenvalue weighted by Crippen LogP contribution is 2.13. The Labute approximate surface area is 75.4 Å². The predicted molar refractivity (Wildman–Crippen MR) is 54.3 cm³/mol. The normalized spacial score (nSPS) is 15.7. The minimum absolute atomic E-state index is 0.152. The lowest BCUT2D eigenvalue weighted by molar-refractivity contribution is 0.630. The summed E-state index contributed by atoms with van der Waals surface area (Å²) in [5.41, 5.74) is 0. The molecule has 0 nitrogen and oxygen atoms in total. The molecule has 0 fully saturated rings. The molecule has 0 rings (SSSR count). The van der Waals surface area contributed by atoms with Crippen molar-refractivity contribution in [3.05, 3.63) is 24.3 Å². The Bertz CT molecular complexity index is 242. The SMILES string of the molecule is C#CC=CC(C)C(C#C)C=CC. The standard InChI is InChI=1S/C12H14/c1-5-8-10-11(4)12(7-3)9-6-2/h1,3,6,8-12H,2,4H3. The van der Waals surface area contributed by atoms with Gasteiger partial charge in [-0.15, -0.1) is 12.8 Å². The first-order valence-corrected chi connectivity index (χ1v) is 3.98. The quantitative estimate of drug-likeness (QED) is 0.437. The molecule has 0 radical (unpaired) electrons. The third kappa shape index (κ3) is 3.69. The van der Waals surface area contributed by atoms with Gasteiger partial charge < -0.3 is 0 Å². The fraction of sp³-hybridized carbons (Fsp3) is 0.333. The number of terminal acetylenes is 2. The molecule has 0 amide bonds. The molecule has 0 bridgehead atoms. The molecule has 0 N–H and O–H groups in total. The minimum atomic E-state index is 0.152. The van der Waals surface area contributed by atoms with Crippen LogP contribution in [-0.2, 0) is 0 Å². The van der Waals surface area contributed by atoms with Crippen molar-refractivity contribution >= 4 is 0 Å². The van der Waals surface area contributed by atoms with Crippen LogP contribution in [0.5, 0.6) is 0 Å². The summed E-state index contributed by atoms with van der Waals surface area (Å²) in [6.45, 7) is 4.01. The minimum Gasteiger partial charge on any atom is -0.119 e. The van der Waals surface area contributed by atoms with Gasteiger partial charge in [0, 0.05) is 5.92 Å². The first-order chi connectivity index (χ1) is 5.76. The molecule has 0 aromatic rings. The van der Waals surface area contributed by atoms with Crippen molar-refractivity contribution in [2.75, 3.05) is 0 Å². The second kappa shape index (κ2) is 6.32. The molecule has 0 spiro atoms. The number of rotatable bonds is 3. The van der Waals surface area contributed by atoms with E-state index in [0.717, 1.165) is 0 Å². The van der Waals surface area contributed by atoms with Crippen LogP contribution in [0.4, 0.5) is 0 Å². The van der Waals surface area contributed by atoms with Crippen molar-refractivity contribution in [1.82, 2.24) is 0 Å². The van der Waals surface area contributed by atoms with Crippen LogP contribution in [0.15, 0.2) is 24.3 Å². The van der Waals surface area contributed by atoms with Gasteiger partial charge in [0.05, 0.1) is 0 Å². The van der Waals surface area contributed by atoms with Crippen molar-refractivity contribution in [3.8, 4) is 24.7 Å². The third-order valence-corrected chi connectivity index (χ3v) is 1.65. The highest BCUT2D eigenvalue weighted by atomic mass is 14.1. The maximum absolute atomic E-state index is 5.34. The Morgan fingerprint density at radius 2 is 1.92 bits per heavy atom. The van der Waals surface area contributed by atoms with Gasteiger partial charge in [-0.2, -0.15) is 0 Å². The summed E-state index contributed by atoms with van der Waals surface area (Å²) in [6.07, 6.45) is 18.0. The lowest BCUT2D eigenvalue weighted by atomic mass is 9.94. The average molecular weight is 158 g/mol. The molecule has 0 aromatic heterocycles.